The van der Waals surface area contributed by atoms with Crippen LogP contribution >= 0.6 is 0 Å². The summed E-state index contributed by atoms with van der Waals surface area (Å²) in [5.41, 5.74) is 4.48. The van der Waals surface area contributed by atoms with Crippen molar-refractivity contribution in [3.05, 3.63) is 64.1 Å². The number of H-pyrrole nitrogens is 1. The summed E-state index contributed by atoms with van der Waals surface area (Å²) >= 11 is 0. The molecular formula is C18H18N6O2. The second kappa shape index (κ2) is 6.23. The Hall–Kier alpha value is -3.26. The normalized spacial score (nSPS) is 11.3. The maximum Gasteiger partial charge on any atom is 0.277 e. The molecule has 0 radical (unpaired) electrons. The van der Waals surface area contributed by atoms with Crippen LogP contribution in [0, 0.1) is 6.92 Å². The van der Waals surface area contributed by atoms with Gasteiger partial charge < -0.3 is 10.1 Å². The zero-order valence-corrected chi connectivity index (χ0v) is 14.5. The highest BCUT2D eigenvalue weighted by Crippen LogP contribution is 2.23. The third kappa shape index (κ3) is 2.51. The average Bonchev–Trinajstić information content (AvgIpc) is 3.29. The fraction of sp³-hybridized carbons (Fsp3) is 0.222. The number of aromatic nitrogens is 6. The third-order valence-electron chi connectivity index (χ3n) is 4.45. The van der Waals surface area contributed by atoms with Gasteiger partial charge in [-0.3, -0.25) is 4.79 Å². The number of aliphatic hydroxyl groups excluding tert-OH is 1. The van der Waals surface area contributed by atoms with Crippen molar-refractivity contribution < 1.29 is 5.11 Å². The average molecular weight is 350 g/mol. The topological polar surface area (TPSA) is 101 Å². The first-order valence-corrected chi connectivity index (χ1v) is 8.33. The van der Waals surface area contributed by atoms with Gasteiger partial charge in [-0.05, 0) is 31.0 Å². The minimum Gasteiger partial charge on any atom is -0.392 e. The van der Waals surface area contributed by atoms with E-state index < -0.39 is 0 Å². The van der Waals surface area contributed by atoms with Crippen LogP contribution in [0.3, 0.4) is 0 Å². The summed E-state index contributed by atoms with van der Waals surface area (Å²) in [6.07, 6.45) is 7.46. The Morgan fingerprint density at radius 1 is 1.27 bits per heavy atom. The molecule has 0 aliphatic heterocycles. The molecule has 0 spiro atoms. The van der Waals surface area contributed by atoms with Crippen LogP contribution in [-0.2, 0) is 13.0 Å². The van der Waals surface area contributed by atoms with Crippen molar-refractivity contribution in [3.63, 3.8) is 0 Å². The monoisotopic (exact) mass is 350 g/mol. The molecule has 8 nitrogen and oxygen atoms in total. The molecule has 0 saturated heterocycles. The molecule has 0 saturated carbocycles. The van der Waals surface area contributed by atoms with Gasteiger partial charge in [-0.2, -0.15) is 14.7 Å². The highest BCUT2D eigenvalue weighted by atomic mass is 16.3. The summed E-state index contributed by atoms with van der Waals surface area (Å²) in [6.45, 7) is 3.79. The van der Waals surface area contributed by atoms with Gasteiger partial charge in [-0.1, -0.05) is 6.92 Å². The van der Waals surface area contributed by atoms with Crippen molar-refractivity contribution in [2.24, 2.45) is 0 Å². The first-order valence-electron chi connectivity index (χ1n) is 8.33. The molecule has 0 bridgehead atoms. The van der Waals surface area contributed by atoms with Crippen LogP contribution < -0.4 is 5.56 Å². The van der Waals surface area contributed by atoms with Gasteiger partial charge in [0.15, 0.2) is 5.82 Å². The minimum absolute atomic E-state index is 0.0576. The zero-order valence-electron chi connectivity index (χ0n) is 14.5. The molecule has 132 valence electrons. The van der Waals surface area contributed by atoms with E-state index in [-0.39, 0.29) is 12.2 Å². The lowest BCUT2D eigenvalue weighted by molar-refractivity contribution is 0.281. The predicted octanol–water partition coefficient (Wildman–Crippen LogP) is 1.63. The van der Waals surface area contributed by atoms with Gasteiger partial charge in [0.25, 0.3) is 5.56 Å². The van der Waals surface area contributed by atoms with Gasteiger partial charge in [0.2, 0.25) is 0 Å². The highest BCUT2D eigenvalue weighted by molar-refractivity contribution is 5.76. The van der Waals surface area contributed by atoms with E-state index in [9.17, 15) is 9.90 Å². The number of nitrogens with zero attached hydrogens (tertiary/aromatic N) is 5. The molecule has 4 aromatic rings. The molecule has 4 aromatic heterocycles. The molecule has 26 heavy (non-hydrogen) atoms. The number of nitrogens with one attached hydrogen (secondary N) is 1. The van der Waals surface area contributed by atoms with E-state index in [1.165, 1.54) is 4.52 Å². The summed E-state index contributed by atoms with van der Waals surface area (Å²) < 4.78 is 3.02. The van der Waals surface area contributed by atoms with E-state index in [4.69, 9.17) is 0 Å². The molecular weight excluding hydrogens is 332 g/mol. The van der Waals surface area contributed by atoms with Gasteiger partial charge in [-0.15, -0.1) is 0 Å². The van der Waals surface area contributed by atoms with Gasteiger partial charge in [0.05, 0.1) is 19.0 Å². The maximum atomic E-state index is 12.5. The van der Waals surface area contributed by atoms with Crippen molar-refractivity contribution in [1.29, 1.82) is 0 Å². The number of hydrogen-bond donors (Lipinski definition) is 2. The van der Waals surface area contributed by atoms with E-state index in [1.54, 1.807) is 35.4 Å². The Morgan fingerprint density at radius 3 is 2.88 bits per heavy atom. The molecule has 0 aromatic carbocycles. The number of fused-ring (bicyclic) bond motifs is 1. The number of aromatic amines is 1. The Kier molecular flexibility index (Phi) is 3.89. The summed E-state index contributed by atoms with van der Waals surface area (Å²) in [5.74, 6) is 0.609. The Balaban J connectivity index is 1.82. The van der Waals surface area contributed by atoms with Crippen molar-refractivity contribution >= 4 is 5.65 Å². The van der Waals surface area contributed by atoms with Crippen molar-refractivity contribution in [2.75, 3.05) is 0 Å². The molecule has 0 aliphatic carbocycles. The Bertz CT molecular complexity index is 1150. The summed E-state index contributed by atoms with van der Waals surface area (Å²) in [6, 6.07) is 3.52. The van der Waals surface area contributed by atoms with Crippen LogP contribution in [0.2, 0.25) is 0 Å². The molecule has 8 heteroatoms. The van der Waals surface area contributed by atoms with Gasteiger partial charge in [0, 0.05) is 34.8 Å². The van der Waals surface area contributed by atoms with Crippen molar-refractivity contribution in [3.8, 4) is 16.9 Å². The smallest absolute Gasteiger partial charge is 0.277 e. The lowest BCUT2D eigenvalue weighted by Gasteiger charge is -2.04. The first-order chi connectivity index (χ1) is 12.6. The van der Waals surface area contributed by atoms with Crippen LogP contribution in [0.25, 0.3) is 22.6 Å². The molecule has 0 aliphatic rings. The standard InChI is InChI=1S/C18H18N6O2/c1-3-14-11(2)22-17-15(8-21-24(17)18(14)26)13-7-20-23(9-13)16-6-12(10-25)4-5-19-16/h4-9,22,25H,3,10H2,1-2H3. The van der Waals surface area contributed by atoms with Gasteiger partial charge >= 0.3 is 0 Å². The molecule has 4 heterocycles. The van der Waals surface area contributed by atoms with Gasteiger partial charge in [-0.25, -0.2) is 9.67 Å². The second-order valence-electron chi connectivity index (χ2n) is 6.06. The Morgan fingerprint density at radius 2 is 2.12 bits per heavy atom. The van der Waals surface area contributed by atoms with E-state index in [0.29, 0.717) is 17.9 Å². The molecule has 0 amide bonds. The van der Waals surface area contributed by atoms with Crippen LogP contribution in [-0.4, -0.2) is 34.5 Å². The fourth-order valence-corrected chi connectivity index (χ4v) is 3.06. The predicted molar refractivity (Wildman–Crippen MR) is 96.2 cm³/mol. The summed E-state index contributed by atoms with van der Waals surface area (Å²) in [7, 11) is 0. The minimum atomic E-state index is -0.102. The SMILES string of the molecule is CCc1c(C)[nH]c2c(-c3cnn(-c4cc(CO)ccn4)c3)cnn2c1=O. The van der Waals surface area contributed by atoms with E-state index in [0.717, 1.165) is 27.9 Å². The second-order valence-corrected chi connectivity index (χ2v) is 6.06. The largest absolute Gasteiger partial charge is 0.392 e. The van der Waals surface area contributed by atoms with Gasteiger partial charge in [0.1, 0.15) is 5.65 Å². The fourth-order valence-electron chi connectivity index (χ4n) is 3.06. The van der Waals surface area contributed by atoms with E-state index in [1.807, 2.05) is 20.0 Å². The van der Waals surface area contributed by atoms with Crippen LogP contribution in [0.5, 0.6) is 0 Å². The van der Waals surface area contributed by atoms with E-state index in [2.05, 4.69) is 20.2 Å². The molecule has 0 unspecified atom stereocenters. The zero-order chi connectivity index (χ0) is 18.3. The lowest BCUT2D eigenvalue weighted by atomic mass is 10.1. The highest BCUT2D eigenvalue weighted by Gasteiger charge is 2.15. The number of hydrogen-bond acceptors (Lipinski definition) is 5. The van der Waals surface area contributed by atoms with E-state index >= 15 is 0 Å². The summed E-state index contributed by atoms with van der Waals surface area (Å²) in [5, 5.41) is 17.9. The van der Waals surface area contributed by atoms with Crippen molar-refractivity contribution in [2.45, 2.75) is 26.9 Å². The maximum absolute atomic E-state index is 12.5. The van der Waals surface area contributed by atoms with Crippen LogP contribution in [0.4, 0.5) is 0 Å². The number of pyridine rings is 1. The number of rotatable bonds is 4. The Labute approximate surface area is 148 Å². The first kappa shape index (κ1) is 16.2. The lowest BCUT2D eigenvalue weighted by Crippen LogP contribution is -2.21. The molecule has 0 atom stereocenters. The molecule has 2 N–H and O–H groups in total. The number of aryl methyl sites for hydroxylation is 1. The molecule has 4 rings (SSSR count). The van der Waals surface area contributed by atoms with Crippen LogP contribution in [0.1, 0.15) is 23.7 Å². The third-order valence-corrected chi connectivity index (χ3v) is 4.45. The van der Waals surface area contributed by atoms with Crippen LogP contribution in [0.15, 0.2) is 41.7 Å². The molecule has 0 fully saturated rings. The van der Waals surface area contributed by atoms with Crippen molar-refractivity contribution in [1.82, 2.24) is 29.4 Å². The number of aliphatic hydroxyl groups is 1. The summed E-state index contributed by atoms with van der Waals surface area (Å²) in [4.78, 5) is 20.1. The quantitative estimate of drug-likeness (QED) is 0.583.